The van der Waals surface area contributed by atoms with Gasteiger partial charge in [-0.1, -0.05) is 61.2 Å². The highest BCUT2D eigenvalue weighted by molar-refractivity contribution is 6.30. The molecule has 0 aromatic heterocycles. The summed E-state index contributed by atoms with van der Waals surface area (Å²) in [5.74, 6) is 0.316. The summed E-state index contributed by atoms with van der Waals surface area (Å²) in [7, 11) is 0. The molecule has 1 aliphatic carbocycles. The highest BCUT2D eigenvalue weighted by Gasteiger charge is 2.28. The number of aryl methyl sites for hydroxylation is 1. The average Bonchev–Trinajstić information content (AvgIpc) is 2.78. The third-order valence-corrected chi connectivity index (χ3v) is 6.08. The molecule has 1 N–H and O–H groups in total. The number of ether oxygens (including phenoxy) is 1. The zero-order chi connectivity index (χ0) is 22.2. The SMILES string of the molecule is Cc1ccccc1OCC(=O)N(Cc1ccc(Cl)cc1)[C@@H](C)C(=O)NC1CCCCC1. The third-order valence-electron chi connectivity index (χ3n) is 5.83. The Morgan fingerprint density at radius 2 is 1.77 bits per heavy atom. The van der Waals surface area contributed by atoms with Crippen LogP contribution in [0.15, 0.2) is 48.5 Å². The zero-order valence-corrected chi connectivity index (χ0v) is 19.0. The van der Waals surface area contributed by atoms with E-state index in [9.17, 15) is 9.59 Å². The number of carbonyl (C=O) groups excluding carboxylic acids is 2. The molecule has 5 nitrogen and oxygen atoms in total. The second-order valence-corrected chi connectivity index (χ2v) is 8.66. The van der Waals surface area contributed by atoms with E-state index in [1.807, 2.05) is 43.3 Å². The van der Waals surface area contributed by atoms with Gasteiger partial charge < -0.3 is 15.0 Å². The van der Waals surface area contributed by atoms with E-state index < -0.39 is 6.04 Å². The van der Waals surface area contributed by atoms with Crippen molar-refractivity contribution in [3.63, 3.8) is 0 Å². The summed E-state index contributed by atoms with van der Waals surface area (Å²) >= 11 is 6.00. The molecule has 1 fully saturated rings. The van der Waals surface area contributed by atoms with Crippen LogP contribution in [0.1, 0.15) is 50.2 Å². The molecule has 1 saturated carbocycles. The zero-order valence-electron chi connectivity index (χ0n) is 18.3. The van der Waals surface area contributed by atoms with Crippen molar-refractivity contribution in [1.82, 2.24) is 10.2 Å². The van der Waals surface area contributed by atoms with Crippen molar-refractivity contribution in [3.8, 4) is 5.75 Å². The van der Waals surface area contributed by atoms with E-state index in [0.717, 1.165) is 36.8 Å². The van der Waals surface area contributed by atoms with E-state index in [-0.39, 0.29) is 24.5 Å². The van der Waals surface area contributed by atoms with Crippen LogP contribution >= 0.6 is 11.6 Å². The van der Waals surface area contributed by atoms with Crippen molar-refractivity contribution in [2.24, 2.45) is 0 Å². The Balaban J connectivity index is 1.70. The Hall–Kier alpha value is -2.53. The quantitative estimate of drug-likeness (QED) is 0.633. The van der Waals surface area contributed by atoms with Crippen molar-refractivity contribution in [2.75, 3.05) is 6.61 Å². The molecule has 1 atom stereocenters. The lowest BCUT2D eigenvalue weighted by molar-refractivity contribution is -0.142. The number of hydrogen-bond acceptors (Lipinski definition) is 3. The molecule has 0 bridgehead atoms. The van der Waals surface area contributed by atoms with E-state index in [1.54, 1.807) is 24.0 Å². The maximum absolute atomic E-state index is 13.1. The monoisotopic (exact) mass is 442 g/mol. The van der Waals surface area contributed by atoms with Gasteiger partial charge in [-0.2, -0.15) is 0 Å². The van der Waals surface area contributed by atoms with Crippen LogP contribution in [0.3, 0.4) is 0 Å². The van der Waals surface area contributed by atoms with E-state index >= 15 is 0 Å². The second-order valence-electron chi connectivity index (χ2n) is 8.22. The lowest BCUT2D eigenvalue weighted by atomic mass is 9.95. The van der Waals surface area contributed by atoms with Crippen LogP contribution in [-0.2, 0) is 16.1 Å². The topological polar surface area (TPSA) is 58.6 Å². The molecule has 0 unspecified atom stereocenters. The average molecular weight is 443 g/mol. The van der Waals surface area contributed by atoms with Crippen LogP contribution in [0.25, 0.3) is 0 Å². The fourth-order valence-corrected chi connectivity index (χ4v) is 4.00. The Morgan fingerprint density at radius 3 is 2.45 bits per heavy atom. The van der Waals surface area contributed by atoms with Crippen LogP contribution in [0.2, 0.25) is 5.02 Å². The van der Waals surface area contributed by atoms with E-state index in [4.69, 9.17) is 16.3 Å². The molecule has 3 rings (SSSR count). The predicted molar refractivity (Wildman–Crippen MR) is 123 cm³/mol. The number of halogens is 1. The molecule has 1 aliphatic rings. The number of carbonyl (C=O) groups is 2. The number of nitrogens with zero attached hydrogens (tertiary/aromatic N) is 1. The Kier molecular flexibility index (Phi) is 8.35. The second kappa shape index (κ2) is 11.2. The molecule has 0 heterocycles. The predicted octanol–water partition coefficient (Wildman–Crippen LogP) is 4.89. The van der Waals surface area contributed by atoms with Gasteiger partial charge in [-0.3, -0.25) is 9.59 Å². The summed E-state index contributed by atoms with van der Waals surface area (Å²) in [5.41, 5.74) is 1.87. The van der Waals surface area contributed by atoms with Crippen LogP contribution in [-0.4, -0.2) is 35.4 Å². The number of para-hydroxylation sites is 1. The molecule has 166 valence electrons. The molecule has 31 heavy (non-hydrogen) atoms. The largest absolute Gasteiger partial charge is 0.484 e. The third kappa shape index (κ3) is 6.73. The number of amides is 2. The Morgan fingerprint density at radius 1 is 1.10 bits per heavy atom. The number of rotatable bonds is 8. The number of hydrogen-bond donors (Lipinski definition) is 1. The Bertz CT molecular complexity index is 879. The van der Waals surface area contributed by atoms with Crippen LogP contribution in [0, 0.1) is 6.92 Å². The van der Waals surface area contributed by atoms with Crippen LogP contribution < -0.4 is 10.1 Å². The van der Waals surface area contributed by atoms with Gasteiger partial charge in [-0.05, 0) is 56.0 Å². The molecule has 2 aromatic rings. The molecule has 0 radical (unpaired) electrons. The molecule has 2 aromatic carbocycles. The summed E-state index contributed by atoms with van der Waals surface area (Å²) in [5, 5.41) is 3.77. The number of nitrogens with one attached hydrogen (secondary N) is 1. The van der Waals surface area contributed by atoms with E-state index in [1.165, 1.54) is 6.42 Å². The number of benzene rings is 2. The fourth-order valence-electron chi connectivity index (χ4n) is 3.88. The summed E-state index contributed by atoms with van der Waals surface area (Å²) in [4.78, 5) is 27.7. The van der Waals surface area contributed by atoms with Gasteiger partial charge in [0.15, 0.2) is 6.61 Å². The minimum atomic E-state index is -0.606. The van der Waals surface area contributed by atoms with Crippen molar-refractivity contribution in [2.45, 2.75) is 64.6 Å². The van der Waals surface area contributed by atoms with E-state index in [0.29, 0.717) is 17.3 Å². The lowest BCUT2D eigenvalue weighted by Crippen LogP contribution is -2.51. The van der Waals surface area contributed by atoms with Crippen molar-refractivity contribution < 1.29 is 14.3 Å². The lowest BCUT2D eigenvalue weighted by Gasteiger charge is -2.31. The highest BCUT2D eigenvalue weighted by atomic mass is 35.5. The minimum absolute atomic E-state index is 0.120. The van der Waals surface area contributed by atoms with Crippen LogP contribution in [0.4, 0.5) is 0 Å². The molecule has 0 saturated heterocycles. The highest BCUT2D eigenvalue weighted by Crippen LogP contribution is 2.20. The molecule has 0 aliphatic heterocycles. The summed E-state index contributed by atoms with van der Waals surface area (Å²) in [6, 6.07) is 14.5. The van der Waals surface area contributed by atoms with Gasteiger partial charge in [0.05, 0.1) is 0 Å². The van der Waals surface area contributed by atoms with Gasteiger partial charge in [0.1, 0.15) is 11.8 Å². The first-order valence-corrected chi connectivity index (χ1v) is 11.3. The van der Waals surface area contributed by atoms with E-state index in [2.05, 4.69) is 5.32 Å². The first-order valence-electron chi connectivity index (χ1n) is 11.0. The molecular formula is C25H31ClN2O3. The maximum Gasteiger partial charge on any atom is 0.261 e. The summed E-state index contributed by atoms with van der Waals surface area (Å²) < 4.78 is 5.77. The molecule has 2 amide bonds. The van der Waals surface area contributed by atoms with Gasteiger partial charge >= 0.3 is 0 Å². The van der Waals surface area contributed by atoms with Crippen molar-refractivity contribution in [1.29, 1.82) is 0 Å². The standard InChI is InChI=1S/C25H31ClN2O3/c1-18-8-6-7-11-23(18)31-17-24(29)28(16-20-12-14-21(26)15-13-20)19(2)25(30)27-22-9-4-3-5-10-22/h6-8,11-15,19,22H,3-5,9-10,16-17H2,1-2H3,(H,27,30)/t19-/m0/s1. The minimum Gasteiger partial charge on any atom is -0.484 e. The summed E-state index contributed by atoms with van der Waals surface area (Å²) in [6.07, 6.45) is 5.49. The smallest absolute Gasteiger partial charge is 0.261 e. The normalized spacial score (nSPS) is 15.2. The van der Waals surface area contributed by atoms with Gasteiger partial charge in [0.25, 0.3) is 5.91 Å². The first kappa shape index (κ1) is 23.1. The molecule has 0 spiro atoms. The molecular weight excluding hydrogens is 412 g/mol. The van der Waals surface area contributed by atoms with Gasteiger partial charge in [-0.25, -0.2) is 0 Å². The van der Waals surface area contributed by atoms with Crippen LogP contribution in [0.5, 0.6) is 5.75 Å². The van der Waals surface area contributed by atoms with Gasteiger partial charge in [-0.15, -0.1) is 0 Å². The summed E-state index contributed by atoms with van der Waals surface area (Å²) in [6.45, 7) is 3.90. The van der Waals surface area contributed by atoms with Crippen molar-refractivity contribution in [3.05, 3.63) is 64.7 Å². The maximum atomic E-state index is 13.1. The van der Waals surface area contributed by atoms with Gasteiger partial charge in [0.2, 0.25) is 5.91 Å². The van der Waals surface area contributed by atoms with Gasteiger partial charge in [0, 0.05) is 17.6 Å². The first-order chi connectivity index (χ1) is 14.9. The fraction of sp³-hybridized carbons (Fsp3) is 0.440. The Labute approximate surface area is 189 Å². The molecule has 6 heteroatoms. The van der Waals surface area contributed by atoms with Crippen molar-refractivity contribution >= 4 is 23.4 Å².